The predicted octanol–water partition coefficient (Wildman–Crippen LogP) is 2.00. The summed E-state index contributed by atoms with van der Waals surface area (Å²) in [6, 6.07) is 12.8. The van der Waals surface area contributed by atoms with Crippen molar-refractivity contribution in [3.8, 4) is 0 Å². The average Bonchev–Trinajstić information content (AvgIpc) is 3.14. The maximum atomic E-state index is 12.8. The lowest BCUT2D eigenvalue weighted by Gasteiger charge is -2.25. The van der Waals surface area contributed by atoms with Gasteiger partial charge in [-0.2, -0.15) is 0 Å². The zero-order valence-electron chi connectivity index (χ0n) is 15.5. The van der Waals surface area contributed by atoms with Crippen molar-refractivity contribution in [3.63, 3.8) is 0 Å². The molecule has 2 amide bonds. The molecule has 2 heterocycles. The molecule has 1 N–H and O–H groups in total. The number of rotatable bonds is 6. The van der Waals surface area contributed by atoms with E-state index in [-0.39, 0.29) is 28.9 Å². The van der Waals surface area contributed by atoms with Crippen molar-refractivity contribution in [1.29, 1.82) is 0 Å². The molecule has 4 rings (SSSR count). The molecule has 28 heavy (non-hydrogen) atoms. The molecule has 146 valence electrons. The van der Waals surface area contributed by atoms with Gasteiger partial charge in [-0.15, -0.1) is 0 Å². The molecule has 0 aromatic heterocycles. The molecule has 7 heteroatoms. The van der Waals surface area contributed by atoms with Crippen LogP contribution < -0.4 is 10.2 Å². The van der Waals surface area contributed by atoms with Gasteiger partial charge in [0.25, 0.3) is 0 Å². The van der Waals surface area contributed by atoms with E-state index in [2.05, 4.69) is 5.32 Å². The van der Waals surface area contributed by atoms with Gasteiger partial charge in [-0.3, -0.25) is 9.59 Å². The van der Waals surface area contributed by atoms with Gasteiger partial charge in [0.1, 0.15) is 0 Å². The molecule has 0 aliphatic carbocycles. The molecule has 0 atom stereocenters. The fourth-order valence-electron chi connectivity index (χ4n) is 3.84. The van der Waals surface area contributed by atoms with Crippen LogP contribution >= 0.6 is 0 Å². The lowest BCUT2D eigenvalue weighted by Crippen LogP contribution is -2.33. The number of hydrogen-bond acceptors (Lipinski definition) is 4. The number of nitrogens with one attached hydrogen (secondary N) is 1. The number of benzene rings is 2. The Morgan fingerprint density at radius 3 is 2.50 bits per heavy atom. The summed E-state index contributed by atoms with van der Waals surface area (Å²) < 4.78 is 25.6. The third-order valence-corrected chi connectivity index (χ3v) is 7.01. The van der Waals surface area contributed by atoms with E-state index in [0.29, 0.717) is 32.4 Å². The number of nitrogens with zero attached hydrogens (tertiary/aromatic N) is 1. The highest BCUT2D eigenvalue weighted by molar-refractivity contribution is 7.91. The molecule has 0 fully saturated rings. The molecule has 2 aromatic carbocycles. The molecule has 0 saturated heterocycles. The quantitative estimate of drug-likeness (QED) is 0.807. The lowest BCUT2D eigenvalue weighted by atomic mass is 10.00. The van der Waals surface area contributed by atoms with Crippen LogP contribution in [0.1, 0.15) is 29.5 Å². The Morgan fingerprint density at radius 2 is 1.75 bits per heavy atom. The van der Waals surface area contributed by atoms with Gasteiger partial charge < -0.3 is 10.2 Å². The first kappa shape index (κ1) is 18.7. The number of anilines is 1. The Morgan fingerprint density at radius 1 is 1.04 bits per heavy atom. The minimum absolute atomic E-state index is 0.0772. The van der Waals surface area contributed by atoms with Crippen LogP contribution in [0.2, 0.25) is 0 Å². The van der Waals surface area contributed by atoms with Crippen molar-refractivity contribution in [2.24, 2.45) is 0 Å². The number of carbonyl (C=O) groups excluding carboxylic acids is 2. The highest BCUT2D eigenvalue weighted by Gasteiger charge is 2.32. The van der Waals surface area contributed by atoms with Crippen molar-refractivity contribution in [2.75, 3.05) is 17.2 Å². The van der Waals surface area contributed by atoms with Crippen LogP contribution in [0.25, 0.3) is 0 Å². The number of sulfone groups is 1. The minimum atomic E-state index is -3.56. The summed E-state index contributed by atoms with van der Waals surface area (Å²) in [5.41, 5.74) is 3.70. The molecule has 6 nitrogen and oxygen atoms in total. The van der Waals surface area contributed by atoms with E-state index in [0.717, 1.165) is 22.4 Å². The summed E-state index contributed by atoms with van der Waals surface area (Å²) in [7, 11) is -3.56. The monoisotopic (exact) mass is 398 g/mol. The van der Waals surface area contributed by atoms with Crippen molar-refractivity contribution in [3.05, 3.63) is 59.2 Å². The van der Waals surface area contributed by atoms with Crippen molar-refractivity contribution in [2.45, 2.75) is 37.1 Å². The smallest absolute Gasteiger partial charge is 0.227 e. The molecule has 0 unspecified atom stereocenters. The second-order valence-electron chi connectivity index (χ2n) is 7.22. The van der Waals surface area contributed by atoms with Gasteiger partial charge in [0.15, 0.2) is 9.84 Å². The normalized spacial score (nSPS) is 15.4. The molecule has 0 radical (unpaired) electrons. The Labute approximate surface area is 164 Å². The highest BCUT2D eigenvalue weighted by atomic mass is 32.2. The summed E-state index contributed by atoms with van der Waals surface area (Å²) in [5, 5.41) is 2.76. The van der Waals surface area contributed by atoms with Gasteiger partial charge in [-0.05, 0) is 41.7 Å². The number of amides is 2. The summed E-state index contributed by atoms with van der Waals surface area (Å²) in [6.07, 6.45) is 1.58. The van der Waals surface area contributed by atoms with Crippen LogP contribution in [0.15, 0.2) is 47.4 Å². The summed E-state index contributed by atoms with van der Waals surface area (Å²) in [5.74, 6) is -0.405. The fraction of sp³-hybridized carbons (Fsp3) is 0.333. The van der Waals surface area contributed by atoms with Gasteiger partial charge in [-0.1, -0.05) is 30.3 Å². The molecule has 0 saturated carbocycles. The summed E-state index contributed by atoms with van der Waals surface area (Å²) in [6.45, 7) is 0.999. The van der Waals surface area contributed by atoms with Crippen LogP contribution in [0, 0.1) is 0 Å². The summed E-state index contributed by atoms with van der Waals surface area (Å²) in [4.78, 5) is 26.1. The van der Waals surface area contributed by atoms with Crippen LogP contribution in [-0.4, -0.2) is 32.5 Å². The predicted molar refractivity (Wildman–Crippen MR) is 106 cm³/mol. The SMILES string of the molecule is O=C(CCS(=O)(=O)c1cc2c3c(c1)CCN3C(=O)CC2)NCc1ccccc1. The molecule has 0 bridgehead atoms. The topological polar surface area (TPSA) is 83.6 Å². The molecule has 2 aliphatic rings. The fourth-order valence-corrected chi connectivity index (χ4v) is 5.17. The van der Waals surface area contributed by atoms with E-state index in [4.69, 9.17) is 0 Å². The maximum absolute atomic E-state index is 12.8. The van der Waals surface area contributed by atoms with Crippen LogP contribution in [0.5, 0.6) is 0 Å². The van der Waals surface area contributed by atoms with Gasteiger partial charge in [0.05, 0.1) is 16.3 Å². The van der Waals surface area contributed by atoms with E-state index in [9.17, 15) is 18.0 Å². The first-order chi connectivity index (χ1) is 13.4. The molecular formula is C21H22N2O4S. The van der Waals surface area contributed by atoms with E-state index in [1.807, 2.05) is 30.3 Å². The van der Waals surface area contributed by atoms with E-state index < -0.39 is 9.84 Å². The van der Waals surface area contributed by atoms with Crippen LogP contribution in [0.4, 0.5) is 5.69 Å². The second-order valence-corrected chi connectivity index (χ2v) is 9.33. The number of carbonyl (C=O) groups is 2. The lowest BCUT2D eigenvalue weighted by molar-refractivity contribution is -0.121. The van der Waals surface area contributed by atoms with Crippen molar-refractivity contribution >= 4 is 27.3 Å². The third kappa shape index (κ3) is 3.67. The van der Waals surface area contributed by atoms with Crippen LogP contribution in [0.3, 0.4) is 0 Å². The Bertz CT molecular complexity index is 1030. The molecule has 2 aliphatic heterocycles. The van der Waals surface area contributed by atoms with E-state index in [1.54, 1.807) is 17.0 Å². The van der Waals surface area contributed by atoms with Gasteiger partial charge in [0, 0.05) is 25.9 Å². The Hall–Kier alpha value is -2.67. The number of hydrogen-bond donors (Lipinski definition) is 1. The van der Waals surface area contributed by atoms with E-state index >= 15 is 0 Å². The highest BCUT2D eigenvalue weighted by Crippen LogP contribution is 2.38. The standard InChI is InChI=1S/C21H22N2O4S/c24-19(22-14-15-4-2-1-3-5-15)9-11-28(26,27)18-12-16-6-7-20(25)23-10-8-17(13-18)21(16)23/h1-5,12-13H,6-11,14H2,(H,22,24). The molecule has 0 spiro atoms. The Balaban J connectivity index is 1.43. The van der Waals surface area contributed by atoms with Gasteiger partial charge >= 0.3 is 0 Å². The minimum Gasteiger partial charge on any atom is -0.352 e. The van der Waals surface area contributed by atoms with Crippen LogP contribution in [-0.2, 0) is 38.8 Å². The third-order valence-electron chi connectivity index (χ3n) is 5.31. The van der Waals surface area contributed by atoms with Crippen molar-refractivity contribution < 1.29 is 18.0 Å². The average molecular weight is 398 g/mol. The van der Waals surface area contributed by atoms with Gasteiger partial charge in [-0.25, -0.2) is 8.42 Å². The van der Waals surface area contributed by atoms with Gasteiger partial charge in [0.2, 0.25) is 11.8 Å². The molecule has 2 aromatic rings. The maximum Gasteiger partial charge on any atom is 0.227 e. The zero-order valence-corrected chi connectivity index (χ0v) is 16.3. The van der Waals surface area contributed by atoms with E-state index in [1.165, 1.54) is 0 Å². The second kappa shape index (κ2) is 7.39. The number of aryl methyl sites for hydroxylation is 1. The largest absolute Gasteiger partial charge is 0.352 e. The molecular weight excluding hydrogens is 376 g/mol. The summed E-state index contributed by atoms with van der Waals surface area (Å²) >= 11 is 0. The zero-order chi connectivity index (χ0) is 19.7. The Kier molecular flexibility index (Phi) is 4.93. The first-order valence-electron chi connectivity index (χ1n) is 9.43. The van der Waals surface area contributed by atoms with Crippen molar-refractivity contribution in [1.82, 2.24) is 5.32 Å². The first-order valence-corrected chi connectivity index (χ1v) is 11.1.